The Morgan fingerprint density at radius 1 is 1.24 bits per heavy atom. The van der Waals surface area contributed by atoms with Crippen LogP contribution in [0.15, 0.2) is 30.5 Å². The molecule has 0 aliphatic heterocycles. The summed E-state index contributed by atoms with van der Waals surface area (Å²) >= 11 is 0. The van der Waals surface area contributed by atoms with Crippen molar-refractivity contribution >= 4 is 17.5 Å². The second kappa shape index (κ2) is 8.16. The molecule has 0 fully saturated rings. The van der Waals surface area contributed by atoms with Crippen molar-refractivity contribution in [2.24, 2.45) is 0 Å². The standard InChI is InChI=1S/C15H21N5O/c1-3-12-7-4-5-8-13(12)18-15-19-14(11-17-20-15)16-9-6-10-21-2/h4-5,7-8,11H,3,6,9-10H2,1-2H3,(H2,16,18,19,20). The van der Waals surface area contributed by atoms with Crippen molar-refractivity contribution in [1.29, 1.82) is 0 Å². The van der Waals surface area contributed by atoms with E-state index in [1.807, 2.05) is 18.2 Å². The summed E-state index contributed by atoms with van der Waals surface area (Å²) in [7, 11) is 1.69. The van der Waals surface area contributed by atoms with Crippen LogP contribution in [0.1, 0.15) is 18.9 Å². The molecule has 21 heavy (non-hydrogen) atoms. The van der Waals surface area contributed by atoms with Gasteiger partial charge >= 0.3 is 0 Å². The molecule has 1 aromatic heterocycles. The van der Waals surface area contributed by atoms with Crippen molar-refractivity contribution in [2.75, 3.05) is 30.9 Å². The third-order valence-corrected chi connectivity index (χ3v) is 3.03. The molecule has 0 spiro atoms. The Bertz CT molecular complexity index is 561. The first-order valence-corrected chi connectivity index (χ1v) is 7.11. The van der Waals surface area contributed by atoms with Gasteiger partial charge in [0.2, 0.25) is 5.95 Å². The molecular weight excluding hydrogens is 266 g/mol. The highest BCUT2D eigenvalue weighted by Gasteiger charge is 2.04. The number of nitrogens with one attached hydrogen (secondary N) is 2. The van der Waals surface area contributed by atoms with Gasteiger partial charge < -0.3 is 15.4 Å². The smallest absolute Gasteiger partial charge is 0.249 e. The molecule has 0 amide bonds. The molecule has 0 bridgehead atoms. The fourth-order valence-electron chi connectivity index (χ4n) is 1.95. The lowest BCUT2D eigenvalue weighted by Gasteiger charge is -2.10. The van der Waals surface area contributed by atoms with E-state index in [0.29, 0.717) is 11.8 Å². The van der Waals surface area contributed by atoms with Crippen LogP contribution in [0.2, 0.25) is 0 Å². The van der Waals surface area contributed by atoms with Gasteiger partial charge in [-0.2, -0.15) is 10.1 Å². The predicted octanol–water partition coefficient (Wildman–Crippen LogP) is 2.63. The first kappa shape index (κ1) is 15.2. The number of anilines is 3. The SMILES string of the molecule is CCc1ccccc1Nc1nncc(NCCCOC)n1. The lowest BCUT2D eigenvalue weighted by Crippen LogP contribution is -2.08. The van der Waals surface area contributed by atoms with Crippen LogP contribution >= 0.6 is 0 Å². The summed E-state index contributed by atoms with van der Waals surface area (Å²) in [6.45, 7) is 3.63. The molecule has 112 valence electrons. The summed E-state index contributed by atoms with van der Waals surface area (Å²) in [6.07, 6.45) is 3.48. The van der Waals surface area contributed by atoms with Crippen LogP contribution in [0.25, 0.3) is 0 Å². The minimum absolute atomic E-state index is 0.493. The molecule has 0 aliphatic rings. The minimum Gasteiger partial charge on any atom is -0.385 e. The monoisotopic (exact) mass is 287 g/mol. The highest BCUT2D eigenvalue weighted by Crippen LogP contribution is 2.19. The fourth-order valence-corrected chi connectivity index (χ4v) is 1.95. The van der Waals surface area contributed by atoms with Gasteiger partial charge in [-0.3, -0.25) is 0 Å². The van der Waals surface area contributed by atoms with Crippen LogP contribution in [0.3, 0.4) is 0 Å². The number of hydrogen-bond donors (Lipinski definition) is 2. The van der Waals surface area contributed by atoms with Crippen LogP contribution in [-0.2, 0) is 11.2 Å². The number of aromatic nitrogens is 3. The van der Waals surface area contributed by atoms with Gasteiger partial charge in [0, 0.05) is 25.9 Å². The van der Waals surface area contributed by atoms with E-state index in [1.165, 1.54) is 5.56 Å². The maximum absolute atomic E-state index is 5.01. The predicted molar refractivity (Wildman–Crippen MR) is 83.9 cm³/mol. The van der Waals surface area contributed by atoms with Crippen LogP contribution in [0.5, 0.6) is 0 Å². The summed E-state index contributed by atoms with van der Waals surface area (Å²) < 4.78 is 5.01. The van der Waals surface area contributed by atoms with E-state index in [2.05, 4.69) is 38.8 Å². The van der Waals surface area contributed by atoms with Gasteiger partial charge in [0.05, 0.1) is 6.20 Å². The Morgan fingerprint density at radius 3 is 2.90 bits per heavy atom. The Labute approximate surface area is 125 Å². The highest BCUT2D eigenvalue weighted by molar-refractivity contribution is 5.58. The van der Waals surface area contributed by atoms with E-state index >= 15 is 0 Å². The van der Waals surface area contributed by atoms with Crippen molar-refractivity contribution in [2.45, 2.75) is 19.8 Å². The molecule has 1 heterocycles. The average Bonchev–Trinajstić information content (AvgIpc) is 2.52. The third-order valence-electron chi connectivity index (χ3n) is 3.03. The molecule has 1 aromatic carbocycles. The number of rotatable bonds is 8. The zero-order valence-corrected chi connectivity index (χ0v) is 12.5. The Morgan fingerprint density at radius 2 is 2.10 bits per heavy atom. The third kappa shape index (κ3) is 4.68. The molecule has 0 atom stereocenters. The van der Waals surface area contributed by atoms with E-state index in [0.717, 1.165) is 31.7 Å². The summed E-state index contributed by atoms with van der Waals surface area (Å²) in [5.74, 6) is 1.20. The first-order chi connectivity index (χ1) is 10.3. The number of nitrogens with zero attached hydrogens (tertiary/aromatic N) is 3. The van der Waals surface area contributed by atoms with E-state index in [1.54, 1.807) is 13.3 Å². The first-order valence-electron chi connectivity index (χ1n) is 7.11. The number of hydrogen-bond acceptors (Lipinski definition) is 6. The van der Waals surface area contributed by atoms with Crippen molar-refractivity contribution in [1.82, 2.24) is 15.2 Å². The number of aryl methyl sites for hydroxylation is 1. The van der Waals surface area contributed by atoms with Gasteiger partial charge in [0.1, 0.15) is 0 Å². The van der Waals surface area contributed by atoms with Crippen LogP contribution in [0, 0.1) is 0 Å². The van der Waals surface area contributed by atoms with E-state index in [4.69, 9.17) is 4.74 Å². The molecule has 6 nitrogen and oxygen atoms in total. The molecule has 2 aromatic rings. The highest BCUT2D eigenvalue weighted by atomic mass is 16.5. The molecule has 6 heteroatoms. The Kier molecular flexibility index (Phi) is 5.90. The largest absolute Gasteiger partial charge is 0.385 e. The molecule has 0 radical (unpaired) electrons. The molecule has 0 saturated heterocycles. The van der Waals surface area contributed by atoms with E-state index in [9.17, 15) is 0 Å². The second-order valence-electron chi connectivity index (χ2n) is 4.57. The lowest BCUT2D eigenvalue weighted by atomic mass is 10.1. The van der Waals surface area contributed by atoms with Gasteiger partial charge in [0.25, 0.3) is 0 Å². The zero-order chi connectivity index (χ0) is 14.9. The van der Waals surface area contributed by atoms with Gasteiger partial charge in [-0.15, -0.1) is 5.10 Å². The summed E-state index contributed by atoms with van der Waals surface area (Å²) in [5.41, 5.74) is 2.23. The lowest BCUT2D eigenvalue weighted by molar-refractivity contribution is 0.197. The average molecular weight is 287 g/mol. The molecule has 2 N–H and O–H groups in total. The molecular formula is C15H21N5O. The number of benzene rings is 1. The molecule has 2 rings (SSSR count). The quantitative estimate of drug-likeness (QED) is 0.727. The van der Waals surface area contributed by atoms with Gasteiger partial charge in [0.15, 0.2) is 5.82 Å². The molecule has 0 unspecified atom stereocenters. The number of para-hydroxylation sites is 1. The Balaban J connectivity index is 2.00. The van der Waals surface area contributed by atoms with E-state index in [-0.39, 0.29) is 0 Å². The maximum Gasteiger partial charge on any atom is 0.249 e. The Hall–Kier alpha value is -2.21. The topological polar surface area (TPSA) is 72.0 Å². The normalized spacial score (nSPS) is 10.4. The van der Waals surface area contributed by atoms with Crippen LogP contribution in [-0.4, -0.2) is 35.4 Å². The number of ether oxygens (including phenoxy) is 1. The van der Waals surface area contributed by atoms with Gasteiger partial charge in [-0.1, -0.05) is 25.1 Å². The number of methoxy groups -OCH3 is 1. The fraction of sp³-hybridized carbons (Fsp3) is 0.400. The van der Waals surface area contributed by atoms with Crippen molar-refractivity contribution in [3.63, 3.8) is 0 Å². The van der Waals surface area contributed by atoms with Crippen molar-refractivity contribution in [3.05, 3.63) is 36.0 Å². The van der Waals surface area contributed by atoms with E-state index < -0.39 is 0 Å². The zero-order valence-electron chi connectivity index (χ0n) is 12.5. The minimum atomic E-state index is 0.493. The van der Waals surface area contributed by atoms with Crippen molar-refractivity contribution in [3.8, 4) is 0 Å². The van der Waals surface area contributed by atoms with Gasteiger partial charge in [-0.05, 0) is 24.5 Å². The second-order valence-corrected chi connectivity index (χ2v) is 4.57. The van der Waals surface area contributed by atoms with Crippen LogP contribution in [0.4, 0.5) is 17.5 Å². The molecule has 0 aliphatic carbocycles. The van der Waals surface area contributed by atoms with Crippen LogP contribution < -0.4 is 10.6 Å². The maximum atomic E-state index is 5.01. The summed E-state index contributed by atoms with van der Waals surface area (Å²) in [6, 6.07) is 8.11. The summed E-state index contributed by atoms with van der Waals surface area (Å²) in [4.78, 5) is 4.40. The molecule has 0 saturated carbocycles. The summed E-state index contributed by atoms with van der Waals surface area (Å²) in [5, 5.41) is 14.4. The van der Waals surface area contributed by atoms with Crippen molar-refractivity contribution < 1.29 is 4.74 Å². The van der Waals surface area contributed by atoms with Gasteiger partial charge in [-0.25, -0.2) is 0 Å².